The van der Waals surface area contributed by atoms with Crippen molar-refractivity contribution in [3.05, 3.63) is 0 Å². The van der Waals surface area contributed by atoms with Crippen LogP contribution in [0.25, 0.3) is 0 Å². The normalized spacial score (nSPS) is 19.8. The Hall–Kier alpha value is -0.120. The van der Waals surface area contributed by atoms with Crippen LogP contribution in [0.5, 0.6) is 0 Å². The van der Waals surface area contributed by atoms with Gasteiger partial charge in [0, 0.05) is 18.7 Å². The molecule has 1 aliphatic rings. The lowest BCUT2D eigenvalue weighted by Crippen LogP contribution is -2.45. The van der Waals surface area contributed by atoms with Crippen LogP contribution < -0.4 is 5.73 Å². The van der Waals surface area contributed by atoms with Gasteiger partial charge < -0.3 is 15.4 Å². The molecule has 102 valence electrons. The Morgan fingerprint density at radius 2 is 1.82 bits per heavy atom. The number of nitrogens with two attached hydrogens (primary N) is 1. The van der Waals surface area contributed by atoms with Crippen molar-refractivity contribution in [1.82, 2.24) is 4.90 Å². The van der Waals surface area contributed by atoms with E-state index in [1.807, 2.05) is 6.92 Å². The number of likely N-dealkylation sites (N-methyl/N-ethyl adjacent to an activating group) is 1. The number of nitrogens with zero attached hydrogens (tertiary/aromatic N) is 1. The molecule has 3 heteroatoms. The fourth-order valence-electron chi connectivity index (χ4n) is 2.65. The molecule has 0 aliphatic heterocycles. The molecule has 0 aromatic carbocycles. The minimum Gasteiger partial charge on any atom is -0.380 e. The van der Waals surface area contributed by atoms with Gasteiger partial charge in [-0.3, -0.25) is 0 Å². The Morgan fingerprint density at radius 3 is 2.41 bits per heavy atom. The number of ether oxygens (including phenoxy) is 1. The van der Waals surface area contributed by atoms with E-state index in [1.54, 1.807) is 0 Å². The molecule has 1 aliphatic carbocycles. The van der Waals surface area contributed by atoms with Gasteiger partial charge in [-0.05, 0) is 39.3 Å². The highest BCUT2D eigenvalue weighted by Crippen LogP contribution is 2.28. The summed E-state index contributed by atoms with van der Waals surface area (Å²) in [5, 5.41) is 0. The van der Waals surface area contributed by atoms with Gasteiger partial charge in [-0.1, -0.05) is 26.2 Å². The summed E-state index contributed by atoms with van der Waals surface area (Å²) in [6.45, 7) is 9.20. The first-order valence-corrected chi connectivity index (χ1v) is 7.29. The third kappa shape index (κ3) is 5.84. The summed E-state index contributed by atoms with van der Waals surface area (Å²) in [4.78, 5) is 2.46. The number of hydrogen-bond acceptors (Lipinski definition) is 3. The molecule has 1 rings (SSSR count). The second kappa shape index (κ2) is 8.06. The predicted octanol–water partition coefficient (Wildman–Crippen LogP) is 2.40. The Bertz CT molecular complexity index is 191. The van der Waals surface area contributed by atoms with Gasteiger partial charge in [0.25, 0.3) is 0 Å². The molecule has 0 unspecified atom stereocenters. The number of hydrogen-bond donors (Lipinski definition) is 1. The van der Waals surface area contributed by atoms with E-state index in [-0.39, 0.29) is 5.54 Å². The van der Waals surface area contributed by atoms with Crippen molar-refractivity contribution in [1.29, 1.82) is 0 Å². The maximum Gasteiger partial charge on any atom is 0.0593 e. The van der Waals surface area contributed by atoms with Crippen molar-refractivity contribution < 1.29 is 4.74 Å². The van der Waals surface area contributed by atoms with Crippen LogP contribution in [0.2, 0.25) is 0 Å². The molecule has 2 N–H and O–H groups in total. The van der Waals surface area contributed by atoms with Crippen LogP contribution in [0.1, 0.15) is 52.4 Å². The summed E-state index contributed by atoms with van der Waals surface area (Å²) in [5.41, 5.74) is 6.58. The second-order valence-electron chi connectivity index (χ2n) is 5.30. The smallest absolute Gasteiger partial charge is 0.0593 e. The van der Waals surface area contributed by atoms with E-state index in [9.17, 15) is 0 Å². The average Bonchev–Trinajstić information content (AvgIpc) is 2.34. The monoisotopic (exact) mass is 242 g/mol. The molecule has 0 bridgehead atoms. The van der Waals surface area contributed by atoms with E-state index < -0.39 is 0 Å². The van der Waals surface area contributed by atoms with Gasteiger partial charge in [-0.2, -0.15) is 0 Å². The van der Waals surface area contributed by atoms with Crippen LogP contribution in [0.3, 0.4) is 0 Å². The molecule has 0 saturated heterocycles. The average molecular weight is 242 g/mol. The first-order valence-electron chi connectivity index (χ1n) is 7.29. The first-order chi connectivity index (χ1) is 8.20. The van der Waals surface area contributed by atoms with Crippen LogP contribution in [-0.4, -0.2) is 43.3 Å². The van der Waals surface area contributed by atoms with Crippen molar-refractivity contribution in [3.8, 4) is 0 Å². The summed E-state index contributed by atoms with van der Waals surface area (Å²) in [6.07, 6.45) is 7.60. The van der Waals surface area contributed by atoms with Crippen LogP contribution in [-0.2, 0) is 4.74 Å². The van der Waals surface area contributed by atoms with E-state index in [1.165, 1.54) is 32.1 Å². The van der Waals surface area contributed by atoms with E-state index in [2.05, 4.69) is 11.8 Å². The molecule has 1 fully saturated rings. The van der Waals surface area contributed by atoms with Crippen LogP contribution in [0.15, 0.2) is 0 Å². The van der Waals surface area contributed by atoms with Gasteiger partial charge in [0.05, 0.1) is 6.61 Å². The van der Waals surface area contributed by atoms with Crippen molar-refractivity contribution in [3.63, 3.8) is 0 Å². The molecule has 3 nitrogen and oxygen atoms in total. The molecule has 0 amide bonds. The predicted molar refractivity (Wildman–Crippen MR) is 73.2 cm³/mol. The minimum absolute atomic E-state index is 0.122. The number of rotatable bonds is 8. The molecule has 0 aromatic rings. The quantitative estimate of drug-likeness (QED) is 0.664. The first kappa shape index (κ1) is 14.9. The third-order valence-electron chi connectivity index (χ3n) is 3.98. The molecule has 0 aromatic heterocycles. The van der Waals surface area contributed by atoms with Gasteiger partial charge in [0.15, 0.2) is 0 Å². The van der Waals surface area contributed by atoms with Crippen molar-refractivity contribution in [2.45, 2.75) is 57.9 Å². The van der Waals surface area contributed by atoms with Crippen LogP contribution in [0, 0.1) is 0 Å². The molecule has 0 radical (unpaired) electrons. The fraction of sp³-hybridized carbons (Fsp3) is 1.00. The zero-order chi connectivity index (χ0) is 12.6. The summed E-state index contributed by atoms with van der Waals surface area (Å²) < 4.78 is 5.41. The Labute approximate surface area is 107 Å². The summed E-state index contributed by atoms with van der Waals surface area (Å²) in [7, 11) is 0. The van der Waals surface area contributed by atoms with E-state index in [4.69, 9.17) is 10.5 Å². The van der Waals surface area contributed by atoms with Crippen molar-refractivity contribution in [2.75, 3.05) is 32.8 Å². The van der Waals surface area contributed by atoms with Crippen LogP contribution >= 0.6 is 0 Å². The van der Waals surface area contributed by atoms with Crippen molar-refractivity contribution in [2.24, 2.45) is 5.73 Å². The highest BCUT2D eigenvalue weighted by atomic mass is 16.5. The Morgan fingerprint density at radius 1 is 1.12 bits per heavy atom. The molecule has 17 heavy (non-hydrogen) atoms. The standard InChI is InChI=1S/C14H30N2O/c1-3-16(12-13-17-4-2)11-10-14(15)8-6-5-7-9-14/h3-13,15H2,1-2H3. The molecule has 1 saturated carbocycles. The highest BCUT2D eigenvalue weighted by molar-refractivity contribution is 4.87. The zero-order valence-corrected chi connectivity index (χ0v) is 11.7. The maximum atomic E-state index is 6.46. The van der Waals surface area contributed by atoms with E-state index in [0.29, 0.717) is 0 Å². The topological polar surface area (TPSA) is 38.5 Å². The lowest BCUT2D eigenvalue weighted by Gasteiger charge is -2.35. The van der Waals surface area contributed by atoms with E-state index in [0.717, 1.165) is 39.3 Å². The third-order valence-corrected chi connectivity index (χ3v) is 3.98. The van der Waals surface area contributed by atoms with E-state index >= 15 is 0 Å². The summed E-state index contributed by atoms with van der Waals surface area (Å²) in [6, 6.07) is 0. The molecular formula is C14H30N2O. The van der Waals surface area contributed by atoms with Gasteiger partial charge in [-0.25, -0.2) is 0 Å². The lowest BCUT2D eigenvalue weighted by molar-refractivity contribution is 0.109. The highest BCUT2D eigenvalue weighted by Gasteiger charge is 2.27. The summed E-state index contributed by atoms with van der Waals surface area (Å²) >= 11 is 0. The molecule has 0 spiro atoms. The molecule has 0 heterocycles. The molecule has 0 atom stereocenters. The largest absolute Gasteiger partial charge is 0.380 e. The van der Waals surface area contributed by atoms with Gasteiger partial charge >= 0.3 is 0 Å². The molecular weight excluding hydrogens is 212 g/mol. The summed E-state index contributed by atoms with van der Waals surface area (Å²) in [5.74, 6) is 0. The Balaban J connectivity index is 2.21. The van der Waals surface area contributed by atoms with Gasteiger partial charge in [0.2, 0.25) is 0 Å². The zero-order valence-electron chi connectivity index (χ0n) is 11.7. The van der Waals surface area contributed by atoms with Crippen LogP contribution in [0.4, 0.5) is 0 Å². The van der Waals surface area contributed by atoms with Gasteiger partial charge in [0.1, 0.15) is 0 Å². The second-order valence-corrected chi connectivity index (χ2v) is 5.30. The van der Waals surface area contributed by atoms with Crippen molar-refractivity contribution >= 4 is 0 Å². The minimum atomic E-state index is 0.122. The SMILES string of the molecule is CCOCCN(CC)CCC1(N)CCCCC1. The van der Waals surface area contributed by atoms with Gasteiger partial charge in [-0.15, -0.1) is 0 Å². The Kier molecular flexibility index (Phi) is 7.09. The lowest BCUT2D eigenvalue weighted by atomic mass is 9.80. The fourth-order valence-corrected chi connectivity index (χ4v) is 2.65. The maximum absolute atomic E-state index is 6.46.